The predicted molar refractivity (Wildman–Crippen MR) is 64.2 cm³/mol. The highest BCUT2D eigenvalue weighted by Gasteiger charge is 2.24. The lowest BCUT2D eigenvalue weighted by atomic mass is 9.88. The van der Waals surface area contributed by atoms with Crippen molar-refractivity contribution in [3.8, 4) is 0 Å². The van der Waals surface area contributed by atoms with Crippen LogP contribution in [-0.2, 0) is 16.1 Å². The molecule has 1 heterocycles. The van der Waals surface area contributed by atoms with Crippen molar-refractivity contribution in [1.82, 2.24) is 9.78 Å². The van der Waals surface area contributed by atoms with Gasteiger partial charge in [-0.15, -0.1) is 0 Å². The molecule has 2 atom stereocenters. The van der Waals surface area contributed by atoms with Crippen molar-refractivity contribution in [2.24, 2.45) is 5.92 Å². The van der Waals surface area contributed by atoms with Gasteiger partial charge in [0, 0.05) is 6.20 Å². The van der Waals surface area contributed by atoms with E-state index in [0.29, 0.717) is 11.6 Å². The number of hydrogen-bond acceptors (Lipinski definition) is 4. The van der Waals surface area contributed by atoms with E-state index in [1.54, 1.807) is 6.20 Å². The number of anilines is 1. The van der Waals surface area contributed by atoms with Crippen LogP contribution in [0.3, 0.4) is 0 Å². The Kier molecular flexibility index (Phi) is 3.66. The van der Waals surface area contributed by atoms with Gasteiger partial charge < -0.3 is 10.5 Å². The third-order valence-corrected chi connectivity index (χ3v) is 3.26. The third-order valence-electron chi connectivity index (χ3n) is 3.26. The minimum absolute atomic E-state index is 0.0733. The summed E-state index contributed by atoms with van der Waals surface area (Å²) < 4.78 is 6.98. The molecule has 1 aromatic heterocycles. The summed E-state index contributed by atoms with van der Waals surface area (Å²) in [5.74, 6) is 0.238. The average molecular weight is 237 g/mol. The van der Waals surface area contributed by atoms with Crippen molar-refractivity contribution in [1.29, 1.82) is 0 Å². The van der Waals surface area contributed by atoms with Gasteiger partial charge in [0.05, 0.1) is 11.9 Å². The summed E-state index contributed by atoms with van der Waals surface area (Å²) in [4.78, 5) is 11.7. The minimum Gasteiger partial charge on any atom is -0.461 e. The van der Waals surface area contributed by atoms with Crippen molar-refractivity contribution in [3.63, 3.8) is 0 Å². The molecule has 5 nitrogen and oxygen atoms in total. The molecule has 0 radical (unpaired) electrons. The van der Waals surface area contributed by atoms with Crippen LogP contribution in [0.1, 0.15) is 32.6 Å². The summed E-state index contributed by atoms with van der Waals surface area (Å²) in [6.07, 6.45) is 7.74. The summed E-state index contributed by atoms with van der Waals surface area (Å²) in [6, 6.07) is 0. The minimum atomic E-state index is -0.230. The molecular weight excluding hydrogens is 218 g/mol. The molecule has 1 aromatic rings. The molecule has 0 spiro atoms. The van der Waals surface area contributed by atoms with Crippen LogP contribution in [0.5, 0.6) is 0 Å². The quantitative estimate of drug-likeness (QED) is 0.810. The number of nitrogens with two attached hydrogens (primary N) is 1. The molecule has 1 saturated carbocycles. The van der Waals surface area contributed by atoms with Crippen molar-refractivity contribution >= 4 is 11.7 Å². The zero-order valence-corrected chi connectivity index (χ0v) is 10.1. The van der Waals surface area contributed by atoms with Gasteiger partial charge in [-0.2, -0.15) is 5.10 Å². The summed E-state index contributed by atoms with van der Waals surface area (Å²) in [5, 5.41) is 3.96. The normalized spacial score (nSPS) is 24.5. The van der Waals surface area contributed by atoms with Crippen molar-refractivity contribution in [2.75, 3.05) is 5.73 Å². The van der Waals surface area contributed by atoms with Crippen LogP contribution in [0.2, 0.25) is 0 Å². The highest BCUT2D eigenvalue weighted by Crippen LogP contribution is 2.26. The monoisotopic (exact) mass is 237 g/mol. The number of rotatable bonds is 3. The second-order valence-electron chi connectivity index (χ2n) is 4.76. The first-order valence-corrected chi connectivity index (χ1v) is 6.12. The molecule has 2 rings (SSSR count). The van der Waals surface area contributed by atoms with E-state index >= 15 is 0 Å². The number of nitrogens with zero attached hydrogens (tertiary/aromatic N) is 2. The lowest BCUT2D eigenvalue weighted by Crippen LogP contribution is -2.29. The van der Waals surface area contributed by atoms with Gasteiger partial charge in [-0.3, -0.25) is 9.48 Å². The SMILES string of the molecule is CC1CCCCC1OC(=O)Cn1cc(N)cn1. The molecule has 1 aliphatic rings. The Hall–Kier alpha value is -1.52. The molecule has 1 fully saturated rings. The van der Waals surface area contributed by atoms with E-state index in [2.05, 4.69) is 12.0 Å². The smallest absolute Gasteiger partial charge is 0.328 e. The molecule has 5 heteroatoms. The van der Waals surface area contributed by atoms with Crippen LogP contribution in [-0.4, -0.2) is 21.9 Å². The molecule has 0 saturated heterocycles. The van der Waals surface area contributed by atoms with E-state index in [1.807, 2.05) is 0 Å². The molecule has 2 N–H and O–H groups in total. The van der Waals surface area contributed by atoms with E-state index in [9.17, 15) is 4.79 Å². The first kappa shape index (κ1) is 12.0. The number of nitrogen functional groups attached to an aromatic ring is 1. The maximum atomic E-state index is 11.7. The first-order chi connectivity index (χ1) is 8.15. The lowest BCUT2D eigenvalue weighted by molar-refractivity contribution is -0.154. The van der Waals surface area contributed by atoms with Gasteiger partial charge in [-0.1, -0.05) is 13.3 Å². The number of aromatic nitrogens is 2. The third kappa shape index (κ3) is 3.22. The van der Waals surface area contributed by atoms with E-state index in [4.69, 9.17) is 10.5 Å². The molecule has 1 aliphatic carbocycles. The molecular formula is C12H19N3O2. The predicted octanol–water partition coefficient (Wildman–Crippen LogP) is 1.59. The van der Waals surface area contributed by atoms with E-state index < -0.39 is 0 Å². The Morgan fingerprint density at radius 2 is 2.35 bits per heavy atom. The second kappa shape index (κ2) is 5.21. The maximum Gasteiger partial charge on any atom is 0.328 e. The van der Waals surface area contributed by atoms with Crippen molar-refractivity contribution < 1.29 is 9.53 Å². The van der Waals surface area contributed by atoms with Gasteiger partial charge in [0.25, 0.3) is 0 Å². The number of carbonyl (C=O) groups excluding carboxylic acids is 1. The number of ether oxygens (including phenoxy) is 1. The number of hydrogen-bond donors (Lipinski definition) is 1. The van der Waals surface area contributed by atoms with Gasteiger partial charge in [-0.05, 0) is 25.2 Å². The van der Waals surface area contributed by atoms with Crippen LogP contribution >= 0.6 is 0 Å². The fourth-order valence-corrected chi connectivity index (χ4v) is 2.26. The molecule has 0 amide bonds. The van der Waals surface area contributed by atoms with Crippen LogP contribution in [0.25, 0.3) is 0 Å². The van der Waals surface area contributed by atoms with Crippen LogP contribution < -0.4 is 5.73 Å². The fraction of sp³-hybridized carbons (Fsp3) is 0.667. The second-order valence-corrected chi connectivity index (χ2v) is 4.76. The van der Waals surface area contributed by atoms with Gasteiger partial charge in [0.2, 0.25) is 0 Å². The van der Waals surface area contributed by atoms with E-state index in [1.165, 1.54) is 17.3 Å². The molecule has 17 heavy (non-hydrogen) atoms. The Morgan fingerprint density at radius 3 is 3.00 bits per heavy atom. The topological polar surface area (TPSA) is 70.1 Å². The Balaban J connectivity index is 1.84. The standard InChI is InChI=1S/C12H19N3O2/c1-9-4-2-3-5-11(9)17-12(16)8-15-7-10(13)6-14-15/h6-7,9,11H,2-5,8,13H2,1H3. The fourth-order valence-electron chi connectivity index (χ4n) is 2.26. The summed E-state index contributed by atoms with van der Waals surface area (Å²) in [5.41, 5.74) is 6.08. The Bertz CT molecular complexity index is 389. The zero-order valence-electron chi connectivity index (χ0n) is 10.1. The van der Waals surface area contributed by atoms with Crippen LogP contribution in [0, 0.1) is 5.92 Å². The maximum absolute atomic E-state index is 11.7. The number of esters is 1. The lowest BCUT2D eigenvalue weighted by Gasteiger charge is -2.28. The van der Waals surface area contributed by atoms with Gasteiger partial charge in [0.15, 0.2) is 0 Å². The molecule has 2 unspecified atom stereocenters. The van der Waals surface area contributed by atoms with E-state index in [0.717, 1.165) is 19.3 Å². The van der Waals surface area contributed by atoms with E-state index in [-0.39, 0.29) is 18.6 Å². The molecule has 0 aliphatic heterocycles. The Labute approximate surface area is 101 Å². The van der Waals surface area contributed by atoms with Crippen molar-refractivity contribution in [3.05, 3.63) is 12.4 Å². The Morgan fingerprint density at radius 1 is 1.59 bits per heavy atom. The average Bonchev–Trinajstić information content (AvgIpc) is 2.67. The van der Waals surface area contributed by atoms with Crippen LogP contribution in [0.15, 0.2) is 12.4 Å². The summed E-state index contributed by atoms with van der Waals surface area (Å²) >= 11 is 0. The van der Waals surface area contributed by atoms with Crippen LogP contribution in [0.4, 0.5) is 5.69 Å². The first-order valence-electron chi connectivity index (χ1n) is 6.12. The van der Waals surface area contributed by atoms with Gasteiger partial charge >= 0.3 is 5.97 Å². The highest BCUT2D eigenvalue weighted by atomic mass is 16.5. The largest absolute Gasteiger partial charge is 0.461 e. The van der Waals surface area contributed by atoms with Crippen molar-refractivity contribution in [2.45, 2.75) is 45.3 Å². The highest BCUT2D eigenvalue weighted by molar-refractivity contribution is 5.69. The zero-order chi connectivity index (χ0) is 12.3. The van der Waals surface area contributed by atoms with Gasteiger partial charge in [0.1, 0.15) is 12.6 Å². The van der Waals surface area contributed by atoms with Gasteiger partial charge in [-0.25, -0.2) is 0 Å². The molecule has 0 bridgehead atoms. The summed E-state index contributed by atoms with van der Waals surface area (Å²) in [6.45, 7) is 2.28. The summed E-state index contributed by atoms with van der Waals surface area (Å²) in [7, 11) is 0. The molecule has 0 aromatic carbocycles. The number of carbonyl (C=O) groups is 1. The molecule has 94 valence electrons.